The van der Waals surface area contributed by atoms with Crippen LogP contribution in [0.5, 0.6) is 0 Å². The van der Waals surface area contributed by atoms with E-state index in [1.165, 1.54) is 21.7 Å². The smallest absolute Gasteiger partial charge is 0.179 e. The minimum Gasteiger partial charge on any atom is -0.255 e. The molecule has 0 amide bonds. The van der Waals surface area contributed by atoms with Gasteiger partial charge in [0.2, 0.25) is 0 Å². The van der Waals surface area contributed by atoms with Gasteiger partial charge in [0.05, 0.1) is 28.3 Å². The van der Waals surface area contributed by atoms with Crippen LogP contribution in [0, 0.1) is 0 Å². The number of hydrogen-bond donors (Lipinski definition) is 0. The molecule has 234 valence electrons. The second kappa shape index (κ2) is 12.6. The monoisotopic (exact) mass is 639 g/mol. The van der Waals surface area contributed by atoms with Crippen molar-refractivity contribution in [2.45, 2.75) is 0 Å². The Kier molecular flexibility index (Phi) is 7.41. The minimum atomic E-state index is 0.565. The molecule has 0 N–H and O–H groups in total. The summed E-state index contributed by atoms with van der Waals surface area (Å²) in [5, 5.41) is 3.57. The minimum absolute atomic E-state index is 0.565. The Morgan fingerprint density at radius 2 is 0.920 bits per heavy atom. The van der Waals surface area contributed by atoms with E-state index in [0.717, 1.165) is 56.1 Å². The molecule has 9 rings (SSSR count). The highest BCUT2D eigenvalue weighted by molar-refractivity contribution is 6.13. The lowest BCUT2D eigenvalue weighted by Gasteiger charge is -2.14. The Morgan fingerprint density at radius 3 is 1.64 bits per heavy atom. The predicted molar refractivity (Wildman–Crippen MR) is 203 cm³/mol. The van der Waals surface area contributed by atoms with Gasteiger partial charge in [0.1, 0.15) is 5.69 Å². The first-order valence-corrected chi connectivity index (χ1v) is 16.6. The molecule has 5 nitrogen and oxygen atoms in total. The Bertz CT molecular complexity index is 2550. The standard InChI is InChI=1S/C45H29N5/c1-2-11-34(12-3-1)41-28-37(44-36-13-5-4-10-32(36)24-25-39(44)48-41)33-20-16-30(17-21-33)31-18-22-35(23-19-31)42-29-43(38-14-6-8-26-46-38)50-45(49-42)40-15-7-9-27-47-40/h1-29H. The predicted octanol–water partition coefficient (Wildman–Crippen LogP) is 11.0. The average molecular weight is 640 g/mol. The fourth-order valence-corrected chi connectivity index (χ4v) is 6.52. The van der Waals surface area contributed by atoms with E-state index in [2.05, 4.69) is 125 Å². The Hall–Kier alpha value is -6.85. The van der Waals surface area contributed by atoms with Crippen LogP contribution in [0.25, 0.3) is 89.4 Å². The van der Waals surface area contributed by atoms with Gasteiger partial charge in [-0.05, 0) is 75.5 Å². The first kappa shape index (κ1) is 29.3. The van der Waals surface area contributed by atoms with Crippen molar-refractivity contribution >= 4 is 21.7 Å². The fourth-order valence-electron chi connectivity index (χ4n) is 6.52. The molecule has 0 saturated heterocycles. The zero-order valence-electron chi connectivity index (χ0n) is 27.0. The zero-order chi connectivity index (χ0) is 33.3. The van der Waals surface area contributed by atoms with E-state index in [9.17, 15) is 0 Å². The summed E-state index contributed by atoms with van der Waals surface area (Å²) in [4.78, 5) is 23.9. The SMILES string of the molecule is c1ccc(-c2cc(-c3ccc(-c4ccc(-c5cc(-c6ccccn6)nc(-c6ccccn6)n5)cc4)cc3)c3c(ccc4ccccc43)n2)cc1. The van der Waals surface area contributed by atoms with E-state index < -0.39 is 0 Å². The first-order chi connectivity index (χ1) is 24.8. The van der Waals surface area contributed by atoms with Crippen molar-refractivity contribution in [3.05, 3.63) is 176 Å². The van der Waals surface area contributed by atoms with Crippen LogP contribution in [0.2, 0.25) is 0 Å². The molecule has 0 aliphatic heterocycles. The third-order valence-electron chi connectivity index (χ3n) is 9.03. The highest BCUT2D eigenvalue weighted by Gasteiger charge is 2.14. The summed E-state index contributed by atoms with van der Waals surface area (Å²) in [6.45, 7) is 0. The van der Waals surface area contributed by atoms with Crippen LogP contribution >= 0.6 is 0 Å². The molecule has 4 aromatic heterocycles. The van der Waals surface area contributed by atoms with Crippen molar-refractivity contribution in [1.82, 2.24) is 24.9 Å². The molecule has 0 saturated carbocycles. The summed E-state index contributed by atoms with van der Waals surface area (Å²) in [6.07, 6.45) is 3.53. The van der Waals surface area contributed by atoms with Crippen LogP contribution in [-0.4, -0.2) is 24.9 Å². The van der Waals surface area contributed by atoms with Crippen LogP contribution in [0.15, 0.2) is 176 Å². The van der Waals surface area contributed by atoms with Crippen molar-refractivity contribution in [1.29, 1.82) is 0 Å². The maximum Gasteiger partial charge on any atom is 0.179 e. The van der Waals surface area contributed by atoms with Crippen LogP contribution in [0.3, 0.4) is 0 Å². The van der Waals surface area contributed by atoms with E-state index >= 15 is 0 Å². The summed E-state index contributed by atoms with van der Waals surface area (Å²) in [7, 11) is 0. The topological polar surface area (TPSA) is 64.5 Å². The van der Waals surface area contributed by atoms with Gasteiger partial charge in [0.15, 0.2) is 5.82 Å². The lowest BCUT2D eigenvalue weighted by Crippen LogP contribution is -1.97. The van der Waals surface area contributed by atoms with Crippen LogP contribution < -0.4 is 0 Å². The van der Waals surface area contributed by atoms with Gasteiger partial charge >= 0.3 is 0 Å². The van der Waals surface area contributed by atoms with Crippen molar-refractivity contribution in [2.75, 3.05) is 0 Å². The van der Waals surface area contributed by atoms with Crippen molar-refractivity contribution in [3.8, 4) is 67.7 Å². The summed E-state index contributed by atoms with van der Waals surface area (Å²) < 4.78 is 0. The first-order valence-electron chi connectivity index (χ1n) is 16.6. The van der Waals surface area contributed by atoms with E-state index in [1.807, 2.05) is 48.5 Å². The van der Waals surface area contributed by atoms with Gasteiger partial charge in [0.25, 0.3) is 0 Å². The highest BCUT2D eigenvalue weighted by atomic mass is 14.9. The molecule has 50 heavy (non-hydrogen) atoms. The van der Waals surface area contributed by atoms with E-state index in [1.54, 1.807) is 12.4 Å². The number of hydrogen-bond acceptors (Lipinski definition) is 5. The zero-order valence-corrected chi connectivity index (χ0v) is 27.0. The van der Waals surface area contributed by atoms with Crippen molar-refractivity contribution in [2.24, 2.45) is 0 Å². The van der Waals surface area contributed by atoms with Crippen LogP contribution in [0.4, 0.5) is 0 Å². The maximum atomic E-state index is 5.11. The Morgan fingerprint density at radius 1 is 0.340 bits per heavy atom. The van der Waals surface area contributed by atoms with Crippen molar-refractivity contribution in [3.63, 3.8) is 0 Å². The van der Waals surface area contributed by atoms with E-state index in [4.69, 9.17) is 15.0 Å². The molecule has 0 aliphatic carbocycles. The Labute approximate surface area is 289 Å². The molecule has 5 heteroatoms. The second-order valence-corrected chi connectivity index (χ2v) is 12.1. The lowest BCUT2D eigenvalue weighted by atomic mass is 9.93. The lowest BCUT2D eigenvalue weighted by molar-refractivity contribution is 1.13. The molecule has 9 aromatic rings. The van der Waals surface area contributed by atoms with Crippen molar-refractivity contribution < 1.29 is 0 Å². The fraction of sp³-hybridized carbons (Fsp3) is 0. The van der Waals surface area contributed by atoms with Crippen LogP contribution in [-0.2, 0) is 0 Å². The van der Waals surface area contributed by atoms with Gasteiger partial charge in [-0.15, -0.1) is 0 Å². The second-order valence-electron chi connectivity index (χ2n) is 12.1. The molecule has 0 spiro atoms. The molecular weight excluding hydrogens is 611 g/mol. The van der Waals surface area contributed by atoms with Gasteiger partial charge in [-0.25, -0.2) is 15.0 Å². The van der Waals surface area contributed by atoms with Gasteiger partial charge < -0.3 is 0 Å². The molecule has 5 aromatic carbocycles. The molecule has 0 aliphatic rings. The highest BCUT2D eigenvalue weighted by Crippen LogP contribution is 2.37. The third-order valence-corrected chi connectivity index (χ3v) is 9.03. The molecule has 0 fully saturated rings. The number of nitrogens with zero attached hydrogens (tertiary/aromatic N) is 5. The van der Waals surface area contributed by atoms with Gasteiger partial charge in [-0.2, -0.15) is 0 Å². The van der Waals surface area contributed by atoms with E-state index in [0.29, 0.717) is 11.5 Å². The summed E-state index contributed by atoms with van der Waals surface area (Å²) >= 11 is 0. The third kappa shape index (κ3) is 5.57. The summed E-state index contributed by atoms with van der Waals surface area (Å²) in [5.41, 5.74) is 11.7. The number of benzene rings is 5. The number of pyridine rings is 3. The number of rotatable bonds is 6. The van der Waals surface area contributed by atoms with Gasteiger partial charge in [0, 0.05) is 28.9 Å². The molecule has 4 heterocycles. The molecule has 0 atom stereocenters. The molecule has 0 bridgehead atoms. The van der Waals surface area contributed by atoms with Gasteiger partial charge in [-0.1, -0.05) is 121 Å². The number of aromatic nitrogens is 5. The normalized spacial score (nSPS) is 11.2. The average Bonchev–Trinajstić information content (AvgIpc) is 3.21. The van der Waals surface area contributed by atoms with Gasteiger partial charge in [-0.3, -0.25) is 9.97 Å². The quantitative estimate of drug-likeness (QED) is 0.169. The summed E-state index contributed by atoms with van der Waals surface area (Å²) in [5.74, 6) is 0.565. The largest absolute Gasteiger partial charge is 0.255 e. The maximum absolute atomic E-state index is 5.11. The summed E-state index contributed by atoms with van der Waals surface area (Å²) in [6, 6.07) is 56.4. The molecule has 0 radical (unpaired) electrons. The Balaban J connectivity index is 1.09. The number of fused-ring (bicyclic) bond motifs is 3. The molecular formula is C45H29N5. The van der Waals surface area contributed by atoms with Crippen LogP contribution in [0.1, 0.15) is 0 Å². The molecule has 0 unspecified atom stereocenters. The van der Waals surface area contributed by atoms with E-state index in [-0.39, 0.29) is 0 Å².